The van der Waals surface area contributed by atoms with Crippen molar-refractivity contribution in [3.63, 3.8) is 0 Å². The molecule has 0 spiro atoms. The lowest BCUT2D eigenvalue weighted by Gasteiger charge is -2.43. The summed E-state index contributed by atoms with van der Waals surface area (Å²) in [6, 6.07) is 13.8. The Hall–Kier alpha value is -2.45. The maximum Gasteiger partial charge on any atom is 0.411 e. The quantitative estimate of drug-likeness (QED) is 0.612. The van der Waals surface area contributed by atoms with Crippen LogP contribution >= 0.6 is 0 Å². The van der Waals surface area contributed by atoms with Crippen LogP contribution in [0.2, 0.25) is 0 Å². The minimum absolute atomic E-state index is 0.147. The summed E-state index contributed by atoms with van der Waals surface area (Å²) in [6.45, 7) is 4.69. The molecule has 2 aromatic rings. The number of nitrogens with zero attached hydrogens (tertiary/aromatic N) is 1. The van der Waals surface area contributed by atoms with Gasteiger partial charge in [0.25, 0.3) is 0 Å². The first-order valence-corrected chi connectivity index (χ1v) is 12.3. The fraction of sp³-hybridized carbons (Fsp3) is 0.435. The molecular weight excluding hydrogens is 419 g/mol. The van der Waals surface area contributed by atoms with E-state index in [1.165, 1.54) is 12.1 Å². The molecule has 1 heterocycles. The zero-order chi connectivity index (χ0) is 22.6. The molecule has 0 aromatic heterocycles. The second kappa shape index (κ2) is 9.36. The van der Waals surface area contributed by atoms with E-state index in [-0.39, 0.29) is 18.4 Å². The second-order valence-corrected chi connectivity index (χ2v) is 10.0. The third-order valence-electron chi connectivity index (χ3n) is 5.79. The van der Waals surface area contributed by atoms with Crippen LogP contribution in [0.25, 0.3) is 0 Å². The van der Waals surface area contributed by atoms with E-state index in [0.717, 1.165) is 17.4 Å². The first kappa shape index (κ1) is 23.2. The first-order valence-electron chi connectivity index (χ1n) is 10.4. The molecule has 1 aliphatic heterocycles. The van der Waals surface area contributed by atoms with E-state index in [0.29, 0.717) is 31.4 Å². The molecule has 0 unspecified atom stereocenters. The zero-order valence-corrected chi connectivity index (χ0v) is 18.9. The Morgan fingerprint density at radius 3 is 2.39 bits per heavy atom. The SMILES string of the molecule is Cc1ccc([C@H](C)N2CC[C@](CCCNS(C)(=O)=O)(c3ccc(F)cc3)OC2=O)cc1. The Bertz CT molecular complexity index is 1010. The summed E-state index contributed by atoms with van der Waals surface area (Å²) < 4.78 is 44.6. The van der Waals surface area contributed by atoms with Crippen molar-refractivity contribution in [2.75, 3.05) is 19.3 Å². The summed E-state index contributed by atoms with van der Waals surface area (Å²) in [4.78, 5) is 14.7. The third kappa shape index (κ3) is 5.83. The summed E-state index contributed by atoms with van der Waals surface area (Å²) in [5.41, 5.74) is 1.96. The van der Waals surface area contributed by atoms with E-state index in [1.807, 2.05) is 38.1 Å². The predicted molar refractivity (Wildman–Crippen MR) is 118 cm³/mol. The van der Waals surface area contributed by atoms with Gasteiger partial charge in [-0.15, -0.1) is 0 Å². The van der Waals surface area contributed by atoms with Gasteiger partial charge in [-0.1, -0.05) is 42.0 Å². The van der Waals surface area contributed by atoms with Crippen LogP contribution in [0.5, 0.6) is 0 Å². The number of hydrogen-bond donors (Lipinski definition) is 1. The van der Waals surface area contributed by atoms with E-state index in [9.17, 15) is 17.6 Å². The predicted octanol–water partition coefficient (Wildman–Crippen LogP) is 4.26. The minimum Gasteiger partial charge on any atom is -0.438 e. The van der Waals surface area contributed by atoms with Gasteiger partial charge in [0.2, 0.25) is 10.0 Å². The topological polar surface area (TPSA) is 75.7 Å². The second-order valence-electron chi connectivity index (χ2n) is 8.17. The van der Waals surface area contributed by atoms with Crippen molar-refractivity contribution in [2.24, 2.45) is 0 Å². The van der Waals surface area contributed by atoms with E-state index < -0.39 is 21.7 Å². The highest BCUT2D eigenvalue weighted by molar-refractivity contribution is 7.88. The van der Waals surface area contributed by atoms with Crippen LogP contribution in [0.1, 0.15) is 48.9 Å². The molecule has 0 aliphatic carbocycles. The number of benzene rings is 2. The van der Waals surface area contributed by atoms with Crippen molar-refractivity contribution >= 4 is 16.1 Å². The summed E-state index contributed by atoms with van der Waals surface area (Å²) in [5.74, 6) is -0.366. The Labute approximate surface area is 183 Å². The average Bonchev–Trinajstić information content (AvgIpc) is 2.71. The Morgan fingerprint density at radius 2 is 1.81 bits per heavy atom. The molecule has 8 heteroatoms. The van der Waals surface area contributed by atoms with Gasteiger partial charge in [-0.3, -0.25) is 0 Å². The molecule has 2 atom stereocenters. The maximum absolute atomic E-state index is 13.5. The number of amides is 1. The monoisotopic (exact) mass is 448 g/mol. The summed E-state index contributed by atoms with van der Waals surface area (Å²) in [5, 5.41) is 0. The van der Waals surface area contributed by atoms with Crippen LogP contribution in [0, 0.1) is 12.7 Å². The minimum atomic E-state index is -3.30. The Balaban J connectivity index is 1.78. The molecule has 1 fully saturated rings. The summed E-state index contributed by atoms with van der Waals surface area (Å²) in [7, 11) is -3.30. The first-order chi connectivity index (χ1) is 14.6. The van der Waals surface area contributed by atoms with Crippen LogP contribution in [0.15, 0.2) is 48.5 Å². The Kier molecular flexibility index (Phi) is 7.01. The van der Waals surface area contributed by atoms with Crippen molar-refractivity contribution in [3.8, 4) is 0 Å². The zero-order valence-electron chi connectivity index (χ0n) is 18.1. The summed E-state index contributed by atoms with van der Waals surface area (Å²) in [6.07, 6.45) is 2.11. The van der Waals surface area contributed by atoms with Crippen LogP contribution < -0.4 is 4.72 Å². The van der Waals surface area contributed by atoms with Gasteiger partial charge < -0.3 is 9.64 Å². The van der Waals surface area contributed by atoms with E-state index in [1.54, 1.807) is 17.0 Å². The van der Waals surface area contributed by atoms with Crippen molar-refractivity contribution in [1.29, 1.82) is 0 Å². The summed E-state index contributed by atoms with van der Waals surface area (Å²) >= 11 is 0. The van der Waals surface area contributed by atoms with Gasteiger partial charge in [0, 0.05) is 19.5 Å². The number of nitrogens with one attached hydrogen (secondary N) is 1. The highest BCUT2D eigenvalue weighted by Crippen LogP contribution is 2.40. The number of sulfonamides is 1. The molecule has 6 nitrogen and oxygen atoms in total. The van der Waals surface area contributed by atoms with Gasteiger partial charge in [0.15, 0.2) is 0 Å². The lowest BCUT2D eigenvalue weighted by molar-refractivity contribution is -0.0662. The molecular formula is C23H29FN2O4S. The molecule has 0 saturated carbocycles. The van der Waals surface area contributed by atoms with Crippen LogP contribution in [-0.4, -0.2) is 38.8 Å². The largest absolute Gasteiger partial charge is 0.438 e. The molecule has 1 saturated heterocycles. The molecule has 2 aromatic carbocycles. The van der Waals surface area contributed by atoms with Crippen molar-refractivity contribution in [3.05, 3.63) is 71.0 Å². The van der Waals surface area contributed by atoms with Crippen LogP contribution in [0.4, 0.5) is 9.18 Å². The number of cyclic esters (lactones) is 1. The number of rotatable bonds is 8. The van der Waals surface area contributed by atoms with Crippen molar-refractivity contribution in [1.82, 2.24) is 9.62 Å². The molecule has 1 amide bonds. The van der Waals surface area contributed by atoms with Crippen LogP contribution in [0.3, 0.4) is 0 Å². The van der Waals surface area contributed by atoms with Gasteiger partial charge in [-0.2, -0.15) is 0 Å². The number of carbonyl (C=O) groups is 1. The Morgan fingerprint density at radius 1 is 1.16 bits per heavy atom. The van der Waals surface area contributed by atoms with E-state index in [4.69, 9.17) is 4.74 Å². The van der Waals surface area contributed by atoms with E-state index >= 15 is 0 Å². The lowest BCUT2D eigenvalue weighted by atomic mass is 9.84. The van der Waals surface area contributed by atoms with Gasteiger partial charge in [-0.25, -0.2) is 22.3 Å². The molecule has 1 N–H and O–H groups in total. The lowest BCUT2D eigenvalue weighted by Crippen LogP contribution is -2.49. The van der Waals surface area contributed by atoms with Gasteiger partial charge in [0.05, 0.1) is 12.3 Å². The molecule has 168 valence electrons. The van der Waals surface area contributed by atoms with E-state index in [2.05, 4.69) is 4.72 Å². The number of aryl methyl sites for hydroxylation is 1. The molecule has 31 heavy (non-hydrogen) atoms. The smallest absolute Gasteiger partial charge is 0.411 e. The molecule has 0 bridgehead atoms. The number of ether oxygens (including phenoxy) is 1. The average molecular weight is 449 g/mol. The van der Waals surface area contributed by atoms with Crippen molar-refractivity contribution < 1.29 is 22.3 Å². The fourth-order valence-corrected chi connectivity index (χ4v) is 4.47. The molecule has 1 aliphatic rings. The maximum atomic E-state index is 13.5. The highest BCUT2D eigenvalue weighted by Gasteiger charge is 2.43. The van der Waals surface area contributed by atoms with Crippen molar-refractivity contribution in [2.45, 2.75) is 44.8 Å². The van der Waals surface area contributed by atoms with Gasteiger partial charge in [-0.05, 0) is 49.9 Å². The molecule has 3 rings (SSSR count). The number of halogens is 1. The normalized spacial score (nSPS) is 20.4. The standard InChI is InChI=1S/C23H29FN2O4S/c1-17-5-7-19(8-6-17)18(2)26-16-14-23(30-22(26)27,13-4-15-25-31(3,28)29)20-9-11-21(24)12-10-20/h5-12,18,25H,4,13-16H2,1-3H3/t18-,23+/m0/s1. The molecule has 0 radical (unpaired) electrons. The number of hydrogen-bond acceptors (Lipinski definition) is 4. The fourth-order valence-electron chi connectivity index (χ4n) is 3.95. The number of carbonyl (C=O) groups excluding carboxylic acids is 1. The highest BCUT2D eigenvalue weighted by atomic mass is 32.2. The third-order valence-corrected chi connectivity index (χ3v) is 6.52. The van der Waals surface area contributed by atoms with Gasteiger partial charge in [0.1, 0.15) is 11.4 Å². The van der Waals surface area contributed by atoms with Gasteiger partial charge >= 0.3 is 6.09 Å². The van der Waals surface area contributed by atoms with Crippen LogP contribution in [-0.2, 0) is 20.4 Å².